The smallest absolute Gasteiger partial charge is 0.261 e. The van der Waals surface area contributed by atoms with Gasteiger partial charge in [-0.1, -0.05) is 12.1 Å². The lowest BCUT2D eigenvalue weighted by Gasteiger charge is -2.10. The van der Waals surface area contributed by atoms with Gasteiger partial charge in [0.05, 0.1) is 25.7 Å². The Kier molecular flexibility index (Phi) is 3.82. The SMILES string of the molecule is Cc1cc(C(=O)NC(C)c2nc3ccccc3[nH]2)sc1Br. The van der Waals surface area contributed by atoms with Crippen molar-refractivity contribution in [2.75, 3.05) is 0 Å². The second kappa shape index (κ2) is 5.61. The third-order valence-corrected chi connectivity index (χ3v) is 5.38. The van der Waals surface area contributed by atoms with Crippen LogP contribution in [0.25, 0.3) is 11.0 Å². The Labute approximate surface area is 134 Å². The highest BCUT2D eigenvalue weighted by Gasteiger charge is 2.17. The molecule has 108 valence electrons. The van der Waals surface area contributed by atoms with Crippen LogP contribution in [0.4, 0.5) is 0 Å². The highest BCUT2D eigenvalue weighted by atomic mass is 79.9. The zero-order chi connectivity index (χ0) is 15.0. The largest absolute Gasteiger partial charge is 0.342 e. The molecule has 2 N–H and O–H groups in total. The Morgan fingerprint density at radius 1 is 1.43 bits per heavy atom. The number of carbonyl (C=O) groups is 1. The predicted molar refractivity (Wildman–Crippen MR) is 88.7 cm³/mol. The molecule has 1 unspecified atom stereocenters. The van der Waals surface area contributed by atoms with Crippen molar-refractivity contribution in [3.63, 3.8) is 0 Å². The number of nitrogens with zero attached hydrogens (tertiary/aromatic N) is 1. The summed E-state index contributed by atoms with van der Waals surface area (Å²) in [6.45, 7) is 3.89. The van der Waals surface area contributed by atoms with Gasteiger partial charge in [0.15, 0.2) is 0 Å². The van der Waals surface area contributed by atoms with Gasteiger partial charge in [0, 0.05) is 0 Å². The molecule has 0 aliphatic rings. The lowest BCUT2D eigenvalue weighted by Crippen LogP contribution is -2.26. The van der Waals surface area contributed by atoms with Crippen molar-refractivity contribution in [1.82, 2.24) is 15.3 Å². The molecule has 1 atom stereocenters. The monoisotopic (exact) mass is 363 g/mol. The average Bonchev–Trinajstić information content (AvgIpc) is 3.03. The molecule has 2 aromatic heterocycles. The molecule has 0 radical (unpaired) electrons. The average molecular weight is 364 g/mol. The molecule has 0 bridgehead atoms. The minimum atomic E-state index is -0.175. The molecule has 0 spiro atoms. The molecular weight excluding hydrogens is 350 g/mol. The second-order valence-electron chi connectivity index (χ2n) is 4.90. The second-order valence-corrected chi connectivity index (χ2v) is 7.27. The van der Waals surface area contributed by atoms with Crippen LogP contribution in [-0.4, -0.2) is 15.9 Å². The van der Waals surface area contributed by atoms with Crippen LogP contribution in [0.5, 0.6) is 0 Å². The van der Waals surface area contributed by atoms with Crippen LogP contribution in [0.2, 0.25) is 0 Å². The van der Waals surface area contributed by atoms with E-state index in [0.717, 1.165) is 26.2 Å². The maximum Gasteiger partial charge on any atom is 0.261 e. The summed E-state index contributed by atoms with van der Waals surface area (Å²) in [5.74, 6) is 0.679. The molecule has 0 fully saturated rings. The lowest BCUT2D eigenvalue weighted by molar-refractivity contribution is 0.0942. The minimum absolute atomic E-state index is 0.0817. The van der Waals surface area contributed by atoms with Gasteiger partial charge in [-0.15, -0.1) is 11.3 Å². The number of rotatable bonds is 3. The number of nitrogens with one attached hydrogen (secondary N) is 2. The van der Waals surface area contributed by atoms with Crippen molar-refractivity contribution in [2.24, 2.45) is 0 Å². The number of benzene rings is 1. The molecule has 3 rings (SSSR count). The first-order chi connectivity index (χ1) is 10.0. The third kappa shape index (κ3) is 2.87. The maximum atomic E-state index is 12.2. The Balaban J connectivity index is 1.79. The molecule has 3 aromatic rings. The number of imidazole rings is 1. The number of H-pyrrole nitrogens is 1. The number of aromatic amines is 1. The van der Waals surface area contributed by atoms with Crippen LogP contribution in [0.3, 0.4) is 0 Å². The highest BCUT2D eigenvalue weighted by molar-refractivity contribution is 9.11. The van der Waals surface area contributed by atoms with Gasteiger partial charge in [-0.3, -0.25) is 4.79 Å². The van der Waals surface area contributed by atoms with E-state index in [9.17, 15) is 4.79 Å². The Morgan fingerprint density at radius 3 is 2.86 bits per heavy atom. The van der Waals surface area contributed by atoms with Crippen LogP contribution in [0, 0.1) is 6.92 Å². The topological polar surface area (TPSA) is 57.8 Å². The van der Waals surface area contributed by atoms with Gasteiger partial charge in [-0.25, -0.2) is 4.98 Å². The van der Waals surface area contributed by atoms with E-state index in [0.29, 0.717) is 4.88 Å². The molecule has 0 saturated heterocycles. The molecule has 6 heteroatoms. The van der Waals surface area contributed by atoms with Gasteiger partial charge in [-0.05, 0) is 53.5 Å². The van der Waals surface area contributed by atoms with E-state index in [1.807, 2.05) is 44.2 Å². The number of hydrogen-bond acceptors (Lipinski definition) is 3. The molecular formula is C15H14BrN3OS. The molecule has 21 heavy (non-hydrogen) atoms. The van der Waals surface area contributed by atoms with Gasteiger partial charge in [0.25, 0.3) is 5.91 Å². The number of para-hydroxylation sites is 2. The molecule has 2 heterocycles. The van der Waals surface area contributed by atoms with Crippen molar-refractivity contribution in [3.05, 3.63) is 50.4 Å². The van der Waals surface area contributed by atoms with Gasteiger partial charge >= 0.3 is 0 Å². The summed E-state index contributed by atoms with van der Waals surface area (Å²) in [7, 11) is 0. The number of aromatic nitrogens is 2. The van der Waals surface area contributed by atoms with Gasteiger partial charge in [-0.2, -0.15) is 0 Å². The first-order valence-corrected chi connectivity index (χ1v) is 8.17. The standard InChI is InChI=1S/C15H14BrN3OS/c1-8-7-12(21-13(8)16)15(20)17-9(2)14-18-10-5-3-4-6-11(10)19-14/h3-7,9H,1-2H3,(H,17,20)(H,18,19). The first-order valence-electron chi connectivity index (χ1n) is 6.56. The summed E-state index contributed by atoms with van der Waals surface area (Å²) in [6.07, 6.45) is 0. The fraction of sp³-hybridized carbons (Fsp3) is 0.200. The van der Waals surface area contributed by atoms with Gasteiger partial charge in [0.2, 0.25) is 0 Å². The highest BCUT2D eigenvalue weighted by Crippen LogP contribution is 2.27. The molecule has 1 aromatic carbocycles. The van der Waals surface area contributed by atoms with Gasteiger partial charge in [0.1, 0.15) is 5.82 Å². The summed E-state index contributed by atoms with van der Waals surface area (Å²) in [5.41, 5.74) is 2.95. The van der Waals surface area contributed by atoms with Gasteiger partial charge < -0.3 is 10.3 Å². The van der Waals surface area contributed by atoms with Crippen molar-refractivity contribution >= 4 is 44.2 Å². The lowest BCUT2D eigenvalue weighted by atomic mass is 10.3. The number of hydrogen-bond donors (Lipinski definition) is 2. The fourth-order valence-corrected chi connectivity index (χ4v) is 3.52. The minimum Gasteiger partial charge on any atom is -0.342 e. The number of aryl methyl sites for hydroxylation is 1. The Hall–Kier alpha value is -1.66. The summed E-state index contributed by atoms with van der Waals surface area (Å²) < 4.78 is 0.990. The van der Waals surface area contributed by atoms with E-state index in [2.05, 4.69) is 31.2 Å². The Bertz CT molecular complexity index is 756. The van der Waals surface area contributed by atoms with Crippen LogP contribution in [0.1, 0.15) is 34.0 Å². The molecule has 1 amide bonds. The van der Waals surface area contributed by atoms with Crippen molar-refractivity contribution < 1.29 is 4.79 Å². The van der Waals surface area contributed by atoms with E-state index >= 15 is 0 Å². The van der Waals surface area contributed by atoms with Crippen LogP contribution in [0.15, 0.2) is 34.1 Å². The molecule has 0 aliphatic heterocycles. The number of thiophene rings is 1. The third-order valence-electron chi connectivity index (χ3n) is 3.25. The Morgan fingerprint density at radius 2 is 2.19 bits per heavy atom. The number of fused-ring (bicyclic) bond motifs is 1. The summed E-state index contributed by atoms with van der Waals surface area (Å²) in [5, 5.41) is 2.97. The van der Waals surface area contributed by atoms with E-state index in [1.54, 1.807) is 0 Å². The number of halogens is 1. The first kappa shape index (κ1) is 14.3. The van der Waals surface area contributed by atoms with Crippen LogP contribution in [-0.2, 0) is 0 Å². The number of amides is 1. The quantitative estimate of drug-likeness (QED) is 0.732. The number of carbonyl (C=O) groups excluding carboxylic acids is 1. The molecule has 4 nitrogen and oxygen atoms in total. The summed E-state index contributed by atoms with van der Waals surface area (Å²) in [4.78, 5) is 20.7. The normalized spacial score (nSPS) is 12.5. The van der Waals surface area contributed by atoms with Crippen molar-refractivity contribution in [3.8, 4) is 0 Å². The summed E-state index contributed by atoms with van der Waals surface area (Å²) in [6, 6.07) is 9.53. The summed E-state index contributed by atoms with van der Waals surface area (Å²) >= 11 is 4.88. The van der Waals surface area contributed by atoms with E-state index in [4.69, 9.17) is 0 Å². The van der Waals surface area contributed by atoms with E-state index in [1.165, 1.54) is 11.3 Å². The fourth-order valence-electron chi connectivity index (χ4n) is 2.09. The van der Waals surface area contributed by atoms with Crippen LogP contribution >= 0.6 is 27.3 Å². The van der Waals surface area contributed by atoms with Crippen molar-refractivity contribution in [2.45, 2.75) is 19.9 Å². The molecule has 0 saturated carbocycles. The van der Waals surface area contributed by atoms with E-state index < -0.39 is 0 Å². The van der Waals surface area contributed by atoms with Crippen LogP contribution < -0.4 is 5.32 Å². The van der Waals surface area contributed by atoms with Crippen molar-refractivity contribution in [1.29, 1.82) is 0 Å². The zero-order valence-corrected chi connectivity index (χ0v) is 14.0. The maximum absolute atomic E-state index is 12.2. The predicted octanol–water partition coefficient (Wildman–Crippen LogP) is 4.19. The zero-order valence-electron chi connectivity index (χ0n) is 11.6. The van der Waals surface area contributed by atoms with E-state index in [-0.39, 0.29) is 11.9 Å². The molecule has 0 aliphatic carbocycles.